The van der Waals surface area contributed by atoms with E-state index >= 15 is 0 Å². The van der Waals surface area contributed by atoms with Gasteiger partial charge in [-0.15, -0.1) is 0 Å². The fraction of sp³-hybridized carbons (Fsp3) is 0.250. The van der Waals surface area contributed by atoms with Crippen LogP contribution < -0.4 is 5.73 Å². The number of fused-ring (bicyclic) bond motifs is 1. The molecule has 2 N–H and O–H groups in total. The zero-order valence-electron chi connectivity index (χ0n) is 10.8. The van der Waals surface area contributed by atoms with Gasteiger partial charge in [0, 0.05) is 4.47 Å². The maximum absolute atomic E-state index is 6.39. The summed E-state index contributed by atoms with van der Waals surface area (Å²) in [5.41, 5.74) is 12.4. The molecule has 3 rings (SSSR count). The highest BCUT2D eigenvalue weighted by atomic mass is 79.9. The number of benzene rings is 2. The number of aryl methyl sites for hydroxylation is 1. The van der Waals surface area contributed by atoms with Crippen molar-refractivity contribution < 1.29 is 4.74 Å². The molecule has 1 aliphatic rings. The van der Waals surface area contributed by atoms with Gasteiger partial charge in [0.1, 0.15) is 0 Å². The Kier molecular flexibility index (Phi) is 3.44. The van der Waals surface area contributed by atoms with Crippen molar-refractivity contribution in [3.63, 3.8) is 0 Å². The molecule has 2 nitrogen and oxygen atoms in total. The molecule has 1 heterocycles. The van der Waals surface area contributed by atoms with Crippen molar-refractivity contribution >= 4 is 15.9 Å². The Bertz CT molecular complexity index is 624. The van der Waals surface area contributed by atoms with Crippen LogP contribution in [0.2, 0.25) is 0 Å². The third-order valence-electron chi connectivity index (χ3n) is 3.60. The first-order valence-electron chi connectivity index (χ1n) is 6.36. The minimum absolute atomic E-state index is 0.110. The second-order valence-electron chi connectivity index (χ2n) is 5.02. The van der Waals surface area contributed by atoms with E-state index in [1.165, 1.54) is 16.7 Å². The van der Waals surface area contributed by atoms with Crippen LogP contribution in [0.25, 0.3) is 0 Å². The van der Waals surface area contributed by atoms with E-state index in [0.29, 0.717) is 6.61 Å². The Labute approximate surface area is 121 Å². The quantitative estimate of drug-likeness (QED) is 0.913. The second-order valence-corrected chi connectivity index (χ2v) is 5.88. The first-order valence-corrected chi connectivity index (χ1v) is 7.15. The summed E-state index contributed by atoms with van der Waals surface area (Å²) >= 11 is 3.60. The summed E-state index contributed by atoms with van der Waals surface area (Å²) in [6.07, 6.45) is 0. The molecule has 0 aliphatic carbocycles. The summed E-state index contributed by atoms with van der Waals surface area (Å²) in [7, 11) is 0. The van der Waals surface area contributed by atoms with Gasteiger partial charge in [-0.05, 0) is 40.8 Å². The molecule has 3 heteroatoms. The Morgan fingerprint density at radius 1 is 1.11 bits per heavy atom. The molecular weight excluding hydrogens is 302 g/mol. The van der Waals surface area contributed by atoms with Crippen LogP contribution in [0.4, 0.5) is 0 Å². The van der Waals surface area contributed by atoms with E-state index in [1.54, 1.807) is 0 Å². The van der Waals surface area contributed by atoms with Crippen LogP contribution in [-0.2, 0) is 18.0 Å². The minimum atomic E-state index is -0.110. The molecule has 0 spiro atoms. The van der Waals surface area contributed by atoms with Crippen LogP contribution in [0.3, 0.4) is 0 Å². The van der Waals surface area contributed by atoms with E-state index in [0.717, 1.165) is 22.2 Å². The number of halogens is 1. The molecule has 98 valence electrons. The van der Waals surface area contributed by atoms with E-state index in [2.05, 4.69) is 59.3 Å². The van der Waals surface area contributed by atoms with Crippen molar-refractivity contribution in [2.75, 3.05) is 0 Å². The molecule has 0 aromatic heterocycles. The zero-order chi connectivity index (χ0) is 13.4. The van der Waals surface area contributed by atoms with Crippen LogP contribution in [0.15, 0.2) is 40.9 Å². The highest BCUT2D eigenvalue weighted by Crippen LogP contribution is 2.30. The summed E-state index contributed by atoms with van der Waals surface area (Å²) in [6.45, 7) is 3.50. The van der Waals surface area contributed by atoms with Crippen LogP contribution in [0.1, 0.15) is 33.9 Å². The SMILES string of the molecule is Cc1ccc(C(N)c2ccc3c(c2)COC3)c(Br)c1. The lowest BCUT2D eigenvalue weighted by Crippen LogP contribution is -2.13. The summed E-state index contributed by atoms with van der Waals surface area (Å²) in [6, 6.07) is 12.6. The second kappa shape index (κ2) is 5.08. The van der Waals surface area contributed by atoms with Crippen LogP contribution in [0, 0.1) is 6.92 Å². The van der Waals surface area contributed by atoms with Gasteiger partial charge in [-0.25, -0.2) is 0 Å². The lowest BCUT2D eigenvalue weighted by Gasteiger charge is -2.16. The van der Waals surface area contributed by atoms with Crippen molar-refractivity contribution in [3.8, 4) is 0 Å². The number of rotatable bonds is 2. The topological polar surface area (TPSA) is 35.2 Å². The van der Waals surface area contributed by atoms with Crippen LogP contribution in [0.5, 0.6) is 0 Å². The highest BCUT2D eigenvalue weighted by molar-refractivity contribution is 9.10. The van der Waals surface area contributed by atoms with Crippen molar-refractivity contribution in [2.45, 2.75) is 26.2 Å². The van der Waals surface area contributed by atoms with E-state index in [9.17, 15) is 0 Å². The molecule has 2 aromatic carbocycles. The number of hydrogen-bond acceptors (Lipinski definition) is 2. The average Bonchev–Trinajstić information content (AvgIpc) is 2.85. The van der Waals surface area contributed by atoms with Crippen molar-refractivity contribution in [1.29, 1.82) is 0 Å². The normalized spacial score (nSPS) is 15.3. The lowest BCUT2D eigenvalue weighted by molar-refractivity contribution is 0.134. The molecule has 1 aliphatic heterocycles. The Morgan fingerprint density at radius 3 is 2.68 bits per heavy atom. The van der Waals surface area contributed by atoms with Gasteiger partial charge in [-0.2, -0.15) is 0 Å². The van der Waals surface area contributed by atoms with Crippen LogP contribution >= 0.6 is 15.9 Å². The van der Waals surface area contributed by atoms with Crippen molar-refractivity contribution in [2.24, 2.45) is 5.73 Å². The lowest BCUT2D eigenvalue weighted by atomic mass is 9.96. The van der Waals surface area contributed by atoms with Gasteiger partial charge >= 0.3 is 0 Å². The zero-order valence-corrected chi connectivity index (χ0v) is 12.4. The summed E-state index contributed by atoms with van der Waals surface area (Å²) in [5, 5.41) is 0. The average molecular weight is 318 g/mol. The van der Waals surface area contributed by atoms with E-state index in [1.807, 2.05) is 0 Å². The number of nitrogens with two attached hydrogens (primary N) is 1. The number of ether oxygens (including phenoxy) is 1. The number of hydrogen-bond donors (Lipinski definition) is 1. The monoisotopic (exact) mass is 317 g/mol. The van der Waals surface area contributed by atoms with Gasteiger partial charge in [0.2, 0.25) is 0 Å². The van der Waals surface area contributed by atoms with Gasteiger partial charge in [-0.1, -0.05) is 46.3 Å². The van der Waals surface area contributed by atoms with Gasteiger partial charge in [0.15, 0.2) is 0 Å². The fourth-order valence-corrected chi connectivity index (χ4v) is 3.19. The molecule has 19 heavy (non-hydrogen) atoms. The van der Waals surface area contributed by atoms with Gasteiger partial charge < -0.3 is 10.5 Å². The van der Waals surface area contributed by atoms with Crippen molar-refractivity contribution in [1.82, 2.24) is 0 Å². The predicted octanol–water partition coefficient (Wildman–Crippen LogP) is 3.84. The summed E-state index contributed by atoms with van der Waals surface area (Å²) < 4.78 is 6.51. The van der Waals surface area contributed by atoms with E-state index in [-0.39, 0.29) is 6.04 Å². The van der Waals surface area contributed by atoms with Crippen molar-refractivity contribution in [3.05, 3.63) is 68.7 Å². The van der Waals surface area contributed by atoms with Gasteiger partial charge in [0.25, 0.3) is 0 Å². The summed E-state index contributed by atoms with van der Waals surface area (Å²) in [5.74, 6) is 0. The fourth-order valence-electron chi connectivity index (χ4n) is 2.45. The molecule has 0 fully saturated rings. The predicted molar refractivity (Wildman–Crippen MR) is 79.8 cm³/mol. The standard InChI is InChI=1S/C16H16BrNO/c1-10-2-5-14(15(17)6-10)16(18)11-3-4-12-8-19-9-13(12)7-11/h2-7,16H,8-9,18H2,1H3. The first-order chi connectivity index (χ1) is 9.15. The Hall–Kier alpha value is -1.16. The third kappa shape index (κ3) is 2.46. The van der Waals surface area contributed by atoms with E-state index < -0.39 is 0 Å². The maximum atomic E-state index is 6.39. The molecule has 0 amide bonds. The molecule has 1 unspecified atom stereocenters. The Morgan fingerprint density at radius 2 is 1.89 bits per heavy atom. The molecule has 2 aromatic rings. The molecule has 0 bridgehead atoms. The molecule has 0 radical (unpaired) electrons. The van der Waals surface area contributed by atoms with Gasteiger partial charge in [0.05, 0.1) is 19.3 Å². The molecule has 0 saturated heterocycles. The highest BCUT2D eigenvalue weighted by Gasteiger charge is 2.16. The van der Waals surface area contributed by atoms with E-state index in [4.69, 9.17) is 10.5 Å². The third-order valence-corrected chi connectivity index (χ3v) is 4.28. The maximum Gasteiger partial charge on any atom is 0.0725 e. The summed E-state index contributed by atoms with van der Waals surface area (Å²) in [4.78, 5) is 0. The molecule has 0 saturated carbocycles. The first kappa shape index (κ1) is 12.9. The van der Waals surface area contributed by atoms with Crippen LogP contribution in [-0.4, -0.2) is 0 Å². The Balaban J connectivity index is 1.97. The smallest absolute Gasteiger partial charge is 0.0725 e. The molecular formula is C16H16BrNO. The van der Waals surface area contributed by atoms with Gasteiger partial charge in [-0.3, -0.25) is 0 Å². The molecule has 1 atom stereocenters. The largest absolute Gasteiger partial charge is 0.372 e. The minimum Gasteiger partial charge on any atom is -0.372 e.